The van der Waals surface area contributed by atoms with Crippen molar-refractivity contribution in [2.45, 2.75) is 57.1 Å². The lowest BCUT2D eigenvalue weighted by Gasteiger charge is -2.37. The maximum atomic E-state index is 3.65. The average molecular weight is 290 g/mol. The number of hydrogen-bond acceptors (Lipinski definition) is 3. The summed E-state index contributed by atoms with van der Waals surface area (Å²) in [4.78, 5) is 2.65. The molecule has 0 spiro atoms. The van der Waals surface area contributed by atoms with Gasteiger partial charge in [0.25, 0.3) is 0 Å². The molecule has 20 heavy (non-hydrogen) atoms. The summed E-state index contributed by atoms with van der Waals surface area (Å²) in [5.74, 6) is 1.27. The molecule has 2 fully saturated rings. The number of rotatable bonds is 5. The molecule has 2 unspecified atom stereocenters. The van der Waals surface area contributed by atoms with Crippen LogP contribution in [0.2, 0.25) is 0 Å². The molecule has 3 rings (SSSR count). The van der Waals surface area contributed by atoms with E-state index in [1.54, 1.807) is 0 Å². The molecular weight excluding hydrogens is 264 g/mol. The van der Waals surface area contributed by atoms with Crippen molar-refractivity contribution >= 4 is 11.8 Å². The zero-order valence-corrected chi connectivity index (χ0v) is 13.5. The van der Waals surface area contributed by atoms with Crippen LogP contribution in [-0.2, 0) is 13.1 Å². The fourth-order valence-electron chi connectivity index (χ4n) is 2.86. The molecule has 0 aromatic heterocycles. The largest absolute Gasteiger partial charge is 0.310 e. The van der Waals surface area contributed by atoms with E-state index in [1.807, 2.05) is 0 Å². The Kier molecular flexibility index (Phi) is 4.69. The number of hydrogen-bond donors (Lipinski definition) is 1. The van der Waals surface area contributed by atoms with E-state index >= 15 is 0 Å². The molecule has 1 aromatic rings. The standard InChI is InChI=1S/C17H26N2S/c1-13-14(2)20-10-9-19(13)12-16-6-4-3-5-15(16)11-18-17-7-8-17/h3-6,13-14,17-18H,7-12H2,1-2H3. The van der Waals surface area contributed by atoms with Gasteiger partial charge < -0.3 is 5.32 Å². The summed E-state index contributed by atoms with van der Waals surface area (Å²) in [6.45, 7) is 8.10. The topological polar surface area (TPSA) is 15.3 Å². The molecule has 1 heterocycles. The average Bonchev–Trinajstić information content (AvgIpc) is 3.27. The van der Waals surface area contributed by atoms with Crippen molar-refractivity contribution in [3.05, 3.63) is 35.4 Å². The first-order chi connectivity index (χ1) is 9.74. The van der Waals surface area contributed by atoms with Crippen LogP contribution in [0.3, 0.4) is 0 Å². The predicted molar refractivity (Wildman–Crippen MR) is 88.1 cm³/mol. The van der Waals surface area contributed by atoms with E-state index in [9.17, 15) is 0 Å². The van der Waals surface area contributed by atoms with Crippen molar-refractivity contribution in [2.75, 3.05) is 12.3 Å². The van der Waals surface area contributed by atoms with Crippen LogP contribution in [0.1, 0.15) is 37.8 Å². The van der Waals surface area contributed by atoms with Gasteiger partial charge in [-0.05, 0) is 30.9 Å². The lowest BCUT2D eigenvalue weighted by atomic mass is 10.1. The molecule has 1 saturated heterocycles. The molecule has 0 amide bonds. The zero-order valence-electron chi connectivity index (χ0n) is 12.6. The van der Waals surface area contributed by atoms with Crippen molar-refractivity contribution in [3.8, 4) is 0 Å². The molecule has 110 valence electrons. The third kappa shape index (κ3) is 3.57. The number of thioether (sulfide) groups is 1. The first-order valence-corrected chi connectivity index (χ1v) is 8.95. The Morgan fingerprint density at radius 2 is 1.95 bits per heavy atom. The minimum absolute atomic E-state index is 0.679. The molecule has 0 bridgehead atoms. The summed E-state index contributed by atoms with van der Waals surface area (Å²) >= 11 is 2.11. The summed E-state index contributed by atoms with van der Waals surface area (Å²) in [7, 11) is 0. The van der Waals surface area contributed by atoms with Gasteiger partial charge >= 0.3 is 0 Å². The Bertz CT molecular complexity index is 444. The SMILES string of the molecule is CC1SCCN(Cc2ccccc2CNC2CC2)C1C. The van der Waals surface area contributed by atoms with Crippen molar-refractivity contribution in [3.63, 3.8) is 0 Å². The maximum Gasteiger partial charge on any atom is 0.0240 e. The summed E-state index contributed by atoms with van der Waals surface area (Å²) in [6, 6.07) is 10.4. The zero-order chi connectivity index (χ0) is 13.9. The second-order valence-corrected chi connectivity index (χ2v) is 7.70. The smallest absolute Gasteiger partial charge is 0.0240 e. The number of benzene rings is 1. The molecule has 3 heteroatoms. The lowest BCUT2D eigenvalue weighted by molar-refractivity contribution is 0.204. The maximum absolute atomic E-state index is 3.65. The van der Waals surface area contributed by atoms with Gasteiger partial charge in [-0.1, -0.05) is 31.2 Å². The summed E-state index contributed by atoms with van der Waals surface area (Å²) in [5.41, 5.74) is 2.99. The first kappa shape index (κ1) is 14.4. The van der Waals surface area contributed by atoms with Crippen LogP contribution in [0, 0.1) is 0 Å². The van der Waals surface area contributed by atoms with Gasteiger partial charge in [-0.3, -0.25) is 4.90 Å². The first-order valence-electron chi connectivity index (χ1n) is 7.90. The van der Waals surface area contributed by atoms with Crippen LogP contribution in [0.15, 0.2) is 24.3 Å². The van der Waals surface area contributed by atoms with Gasteiger partial charge in [-0.25, -0.2) is 0 Å². The highest BCUT2D eigenvalue weighted by Gasteiger charge is 2.26. The Balaban J connectivity index is 1.66. The molecule has 1 saturated carbocycles. The Morgan fingerprint density at radius 1 is 1.20 bits per heavy atom. The molecule has 0 radical (unpaired) electrons. The second-order valence-electron chi connectivity index (χ2n) is 6.21. The highest BCUT2D eigenvalue weighted by atomic mass is 32.2. The highest BCUT2D eigenvalue weighted by Crippen LogP contribution is 2.26. The van der Waals surface area contributed by atoms with E-state index in [2.05, 4.69) is 60.1 Å². The fourth-order valence-corrected chi connectivity index (χ4v) is 4.03. The minimum atomic E-state index is 0.679. The summed E-state index contributed by atoms with van der Waals surface area (Å²) < 4.78 is 0. The molecule has 2 atom stereocenters. The lowest BCUT2D eigenvalue weighted by Crippen LogP contribution is -2.44. The van der Waals surface area contributed by atoms with E-state index < -0.39 is 0 Å². The van der Waals surface area contributed by atoms with Crippen LogP contribution in [0.25, 0.3) is 0 Å². The van der Waals surface area contributed by atoms with Gasteiger partial charge in [0.2, 0.25) is 0 Å². The van der Waals surface area contributed by atoms with E-state index in [1.165, 1.54) is 36.3 Å². The van der Waals surface area contributed by atoms with E-state index in [4.69, 9.17) is 0 Å². The molecule has 1 aromatic carbocycles. The number of nitrogens with zero attached hydrogens (tertiary/aromatic N) is 1. The monoisotopic (exact) mass is 290 g/mol. The Labute approximate surface area is 127 Å². The van der Waals surface area contributed by atoms with Crippen molar-refractivity contribution < 1.29 is 0 Å². The van der Waals surface area contributed by atoms with Crippen LogP contribution in [0.5, 0.6) is 0 Å². The second kappa shape index (κ2) is 6.50. The molecule has 1 aliphatic heterocycles. The fraction of sp³-hybridized carbons (Fsp3) is 0.647. The van der Waals surface area contributed by atoms with Crippen molar-refractivity contribution in [2.24, 2.45) is 0 Å². The van der Waals surface area contributed by atoms with Crippen LogP contribution in [0.4, 0.5) is 0 Å². The van der Waals surface area contributed by atoms with Gasteiger partial charge in [0, 0.05) is 42.7 Å². The minimum Gasteiger partial charge on any atom is -0.310 e. The van der Waals surface area contributed by atoms with Crippen molar-refractivity contribution in [1.82, 2.24) is 10.2 Å². The Morgan fingerprint density at radius 3 is 2.70 bits per heavy atom. The van der Waals surface area contributed by atoms with E-state index in [0.717, 1.165) is 24.4 Å². The van der Waals surface area contributed by atoms with Gasteiger partial charge in [0.05, 0.1) is 0 Å². The molecular formula is C17H26N2S. The van der Waals surface area contributed by atoms with E-state index in [-0.39, 0.29) is 0 Å². The normalized spacial score (nSPS) is 27.7. The third-order valence-electron chi connectivity index (χ3n) is 4.66. The highest BCUT2D eigenvalue weighted by molar-refractivity contribution is 8.00. The molecule has 2 aliphatic rings. The summed E-state index contributed by atoms with van der Waals surface area (Å²) in [5, 5.41) is 4.40. The van der Waals surface area contributed by atoms with Crippen LogP contribution >= 0.6 is 11.8 Å². The third-order valence-corrected chi connectivity index (χ3v) is 6.00. The van der Waals surface area contributed by atoms with Crippen LogP contribution < -0.4 is 5.32 Å². The van der Waals surface area contributed by atoms with Crippen molar-refractivity contribution in [1.29, 1.82) is 0 Å². The van der Waals surface area contributed by atoms with Gasteiger partial charge in [0.15, 0.2) is 0 Å². The van der Waals surface area contributed by atoms with E-state index in [0.29, 0.717) is 6.04 Å². The molecule has 2 nitrogen and oxygen atoms in total. The predicted octanol–water partition coefficient (Wildman–Crippen LogP) is 3.26. The quantitative estimate of drug-likeness (QED) is 0.896. The number of nitrogens with one attached hydrogen (secondary N) is 1. The van der Waals surface area contributed by atoms with Gasteiger partial charge in [-0.15, -0.1) is 0 Å². The Hall–Kier alpha value is -0.510. The van der Waals surface area contributed by atoms with Gasteiger partial charge in [-0.2, -0.15) is 11.8 Å². The molecule has 1 N–H and O–H groups in total. The van der Waals surface area contributed by atoms with Crippen LogP contribution in [-0.4, -0.2) is 34.5 Å². The molecule has 1 aliphatic carbocycles. The van der Waals surface area contributed by atoms with Gasteiger partial charge in [0.1, 0.15) is 0 Å². The summed E-state index contributed by atoms with van der Waals surface area (Å²) in [6.07, 6.45) is 2.72.